The summed E-state index contributed by atoms with van der Waals surface area (Å²) in [6, 6.07) is 0. The van der Waals surface area contributed by atoms with Crippen molar-refractivity contribution in [2.75, 3.05) is 0 Å². The summed E-state index contributed by atoms with van der Waals surface area (Å²) in [5, 5.41) is 9.27. The molecule has 10 heavy (non-hydrogen) atoms. The van der Waals surface area contributed by atoms with Crippen LogP contribution in [0.1, 0.15) is 5.56 Å². The van der Waals surface area contributed by atoms with E-state index in [-0.39, 0.29) is 10.8 Å². The number of nitrogens with zero attached hydrogens (tertiary/aromatic N) is 1. The van der Waals surface area contributed by atoms with Crippen molar-refractivity contribution in [1.29, 1.82) is 0 Å². The van der Waals surface area contributed by atoms with Crippen molar-refractivity contribution in [3.8, 4) is 5.75 Å². The fourth-order valence-electron chi connectivity index (χ4n) is 0.618. The summed E-state index contributed by atoms with van der Waals surface area (Å²) in [5.41, 5.74) is 5.94. The van der Waals surface area contributed by atoms with Gasteiger partial charge in [-0.2, -0.15) is 0 Å². The summed E-state index contributed by atoms with van der Waals surface area (Å²) in [7, 11) is 0. The predicted molar refractivity (Wildman–Crippen MR) is 38.8 cm³/mol. The second-order valence-electron chi connectivity index (χ2n) is 1.84. The molecule has 0 fully saturated rings. The van der Waals surface area contributed by atoms with Crippen LogP contribution in [0.3, 0.4) is 0 Å². The monoisotopic (exact) mass is 158 g/mol. The Labute approximate surface area is 63.5 Å². The van der Waals surface area contributed by atoms with Crippen LogP contribution in [0.4, 0.5) is 0 Å². The highest BCUT2D eigenvalue weighted by Crippen LogP contribution is 2.24. The third-order valence-corrected chi connectivity index (χ3v) is 1.59. The number of aromatic nitrogens is 1. The van der Waals surface area contributed by atoms with Crippen LogP contribution >= 0.6 is 11.6 Å². The predicted octanol–water partition coefficient (Wildman–Crippen LogP) is 0.899. The molecule has 54 valence electrons. The third kappa shape index (κ3) is 1.20. The van der Waals surface area contributed by atoms with Gasteiger partial charge in [0.2, 0.25) is 0 Å². The summed E-state index contributed by atoms with van der Waals surface area (Å²) < 4.78 is 0. The van der Waals surface area contributed by atoms with Gasteiger partial charge in [0.25, 0.3) is 0 Å². The number of hydrogen-bond donors (Lipinski definition) is 2. The molecule has 0 radical (unpaired) electrons. The molecule has 0 bridgehead atoms. The Balaban J connectivity index is 3.14. The van der Waals surface area contributed by atoms with Crippen LogP contribution in [0.2, 0.25) is 5.02 Å². The van der Waals surface area contributed by atoms with Gasteiger partial charge in [-0.15, -0.1) is 0 Å². The van der Waals surface area contributed by atoms with Crippen molar-refractivity contribution in [2.45, 2.75) is 6.54 Å². The zero-order valence-corrected chi connectivity index (χ0v) is 5.97. The third-order valence-electron chi connectivity index (χ3n) is 1.15. The molecule has 1 heterocycles. The molecule has 0 atom stereocenters. The molecular formula is C6H7ClN2O. The average Bonchev–Trinajstić information content (AvgIpc) is 1.95. The number of aromatic hydroxyl groups is 1. The molecule has 0 saturated heterocycles. The highest BCUT2D eigenvalue weighted by atomic mass is 35.5. The Morgan fingerprint density at radius 1 is 1.60 bits per heavy atom. The van der Waals surface area contributed by atoms with Gasteiger partial charge >= 0.3 is 0 Å². The zero-order chi connectivity index (χ0) is 7.56. The van der Waals surface area contributed by atoms with Crippen molar-refractivity contribution in [3.63, 3.8) is 0 Å². The van der Waals surface area contributed by atoms with Gasteiger partial charge in [0, 0.05) is 18.3 Å². The molecule has 0 unspecified atom stereocenters. The van der Waals surface area contributed by atoms with Gasteiger partial charge < -0.3 is 10.8 Å². The number of nitrogens with two attached hydrogens (primary N) is 1. The topological polar surface area (TPSA) is 59.1 Å². The second-order valence-corrected chi connectivity index (χ2v) is 2.21. The lowest BCUT2D eigenvalue weighted by Crippen LogP contribution is -1.97. The molecular weight excluding hydrogens is 152 g/mol. The van der Waals surface area contributed by atoms with E-state index < -0.39 is 0 Å². The smallest absolute Gasteiger partial charge is 0.152 e. The molecule has 1 aromatic heterocycles. The van der Waals surface area contributed by atoms with Crippen molar-refractivity contribution in [1.82, 2.24) is 4.98 Å². The highest BCUT2D eigenvalue weighted by molar-refractivity contribution is 6.32. The maximum Gasteiger partial charge on any atom is 0.152 e. The Morgan fingerprint density at radius 3 is 2.80 bits per heavy atom. The van der Waals surface area contributed by atoms with Gasteiger partial charge in [-0.1, -0.05) is 11.6 Å². The van der Waals surface area contributed by atoms with Crippen LogP contribution in [0.5, 0.6) is 5.75 Å². The Bertz CT molecular complexity index is 239. The molecule has 1 rings (SSSR count). The van der Waals surface area contributed by atoms with Gasteiger partial charge in [-0.05, 0) is 0 Å². The molecule has 3 nitrogen and oxygen atoms in total. The van der Waals surface area contributed by atoms with Crippen LogP contribution in [0, 0.1) is 0 Å². The molecule has 0 aromatic carbocycles. The summed E-state index contributed by atoms with van der Waals surface area (Å²) in [6.07, 6.45) is 2.81. The molecule has 0 saturated carbocycles. The Hall–Kier alpha value is -0.800. The summed E-state index contributed by atoms with van der Waals surface area (Å²) in [4.78, 5) is 3.70. The minimum absolute atomic E-state index is 0.0235. The quantitative estimate of drug-likeness (QED) is 0.639. The van der Waals surface area contributed by atoms with Gasteiger partial charge in [0.15, 0.2) is 5.75 Å². The summed E-state index contributed by atoms with van der Waals surface area (Å²) in [6.45, 7) is 0.292. The molecule has 0 aliphatic rings. The van der Waals surface area contributed by atoms with Gasteiger partial charge in [-0.3, -0.25) is 4.98 Å². The average molecular weight is 159 g/mol. The lowest BCUT2D eigenvalue weighted by atomic mass is 10.3. The van der Waals surface area contributed by atoms with Crippen LogP contribution in [0.25, 0.3) is 0 Å². The first-order chi connectivity index (χ1) is 4.75. The van der Waals surface area contributed by atoms with Crippen LogP contribution in [0.15, 0.2) is 12.4 Å². The Morgan fingerprint density at radius 2 is 2.30 bits per heavy atom. The Kier molecular flexibility index (Phi) is 2.09. The standard InChI is InChI=1S/C6H7ClN2O/c7-6-4(1-8)2-9-3-5(6)10/h2-3,10H,1,8H2. The van der Waals surface area contributed by atoms with Crippen LogP contribution in [-0.4, -0.2) is 10.1 Å². The number of hydrogen-bond acceptors (Lipinski definition) is 3. The van der Waals surface area contributed by atoms with Gasteiger partial charge in [0.1, 0.15) is 0 Å². The second kappa shape index (κ2) is 2.86. The lowest BCUT2D eigenvalue weighted by Gasteiger charge is -1.99. The first-order valence-corrected chi connectivity index (χ1v) is 3.15. The van der Waals surface area contributed by atoms with Crippen molar-refractivity contribution >= 4 is 11.6 Å². The van der Waals surface area contributed by atoms with E-state index in [1.165, 1.54) is 12.4 Å². The summed E-state index contributed by atoms with van der Waals surface area (Å²) >= 11 is 5.62. The fraction of sp³-hybridized carbons (Fsp3) is 0.167. The number of rotatable bonds is 1. The number of pyridine rings is 1. The molecule has 1 aromatic rings. The largest absolute Gasteiger partial charge is 0.505 e. The van der Waals surface area contributed by atoms with E-state index in [2.05, 4.69) is 4.98 Å². The number of halogens is 1. The van der Waals surface area contributed by atoms with Crippen molar-refractivity contribution < 1.29 is 5.11 Å². The van der Waals surface area contributed by atoms with E-state index in [4.69, 9.17) is 22.4 Å². The zero-order valence-electron chi connectivity index (χ0n) is 5.21. The molecule has 4 heteroatoms. The first-order valence-electron chi connectivity index (χ1n) is 2.77. The minimum atomic E-state index is -0.0235. The minimum Gasteiger partial charge on any atom is -0.505 e. The fourth-order valence-corrected chi connectivity index (χ4v) is 0.793. The maximum absolute atomic E-state index is 8.98. The van der Waals surface area contributed by atoms with E-state index in [1.807, 2.05) is 0 Å². The van der Waals surface area contributed by atoms with E-state index in [0.717, 1.165) is 0 Å². The molecule has 0 aliphatic heterocycles. The normalized spacial score (nSPS) is 9.80. The van der Waals surface area contributed by atoms with Crippen molar-refractivity contribution in [3.05, 3.63) is 23.0 Å². The molecule has 0 spiro atoms. The summed E-state index contributed by atoms with van der Waals surface area (Å²) in [5.74, 6) is -0.0235. The molecule has 3 N–H and O–H groups in total. The van der Waals surface area contributed by atoms with E-state index in [9.17, 15) is 0 Å². The lowest BCUT2D eigenvalue weighted by molar-refractivity contribution is 0.472. The SMILES string of the molecule is NCc1cncc(O)c1Cl. The van der Waals surface area contributed by atoms with Crippen LogP contribution < -0.4 is 5.73 Å². The van der Waals surface area contributed by atoms with Crippen LogP contribution in [-0.2, 0) is 6.54 Å². The highest BCUT2D eigenvalue weighted by Gasteiger charge is 2.02. The van der Waals surface area contributed by atoms with E-state index in [0.29, 0.717) is 12.1 Å². The van der Waals surface area contributed by atoms with E-state index in [1.54, 1.807) is 0 Å². The first kappa shape index (κ1) is 7.31. The van der Waals surface area contributed by atoms with E-state index >= 15 is 0 Å². The molecule has 0 amide bonds. The van der Waals surface area contributed by atoms with Gasteiger partial charge in [0.05, 0.1) is 11.2 Å². The maximum atomic E-state index is 8.98. The van der Waals surface area contributed by atoms with Gasteiger partial charge in [-0.25, -0.2) is 0 Å². The molecule has 0 aliphatic carbocycles. The van der Waals surface area contributed by atoms with Crippen molar-refractivity contribution in [2.24, 2.45) is 5.73 Å².